The summed E-state index contributed by atoms with van der Waals surface area (Å²) in [4.78, 5) is 59.3. The lowest BCUT2D eigenvalue weighted by Gasteiger charge is -2.35. The largest absolute Gasteiger partial charge is 0.274 e. The van der Waals surface area contributed by atoms with Crippen molar-refractivity contribution in [1.29, 1.82) is 0 Å². The number of carbonyl (C=O) groups is 4. The highest BCUT2D eigenvalue weighted by molar-refractivity contribution is 6.26. The van der Waals surface area contributed by atoms with Gasteiger partial charge in [-0.25, -0.2) is 28.6 Å². The first-order valence-corrected chi connectivity index (χ1v) is 14.3. The lowest BCUT2D eigenvalue weighted by Crippen LogP contribution is -2.50. The number of amides is 4. The van der Waals surface area contributed by atoms with E-state index in [1.54, 1.807) is 10.0 Å². The van der Waals surface area contributed by atoms with Crippen LogP contribution in [0.3, 0.4) is 0 Å². The first-order chi connectivity index (χ1) is 21.4. The maximum Gasteiger partial charge on any atom is 0.253 e. The van der Waals surface area contributed by atoms with Crippen LogP contribution in [0.25, 0.3) is 0 Å². The molecule has 4 amide bonds. The summed E-state index contributed by atoms with van der Waals surface area (Å²) >= 11 is 0. The third kappa shape index (κ3) is 3.61. The van der Waals surface area contributed by atoms with E-state index < -0.39 is 71.3 Å². The molecule has 6 unspecified atom stereocenters. The number of anilines is 2. The molecule has 0 aromatic heterocycles. The molecule has 218 valence electrons. The van der Waals surface area contributed by atoms with Crippen LogP contribution in [0.5, 0.6) is 0 Å². The molecule has 4 aromatic carbocycles. The number of hydrazine groups is 1. The number of benzene rings is 4. The normalized spacial score (nSPS) is 28.1. The van der Waals surface area contributed by atoms with Gasteiger partial charge in [0, 0.05) is 0 Å². The van der Waals surface area contributed by atoms with Gasteiger partial charge in [0.05, 0.1) is 35.3 Å². The van der Waals surface area contributed by atoms with Gasteiger partial charge in [-0.05, 0) is 59.7 Å². The van der Waals surface area contributed by atoms with Crippen LogP contribution in [0.4, 0.5) is 20.2 Å². The van der Waals surface area contributed by atoms with Crippen molar-refractivity contribution >= 4 is 35.0 Å². The number of halogens is 2. The Kier molecular flexibility index (Phi) is 5.87. The fourth-order valence-electron chi connectivity index (χ4n) is 7.49. The molecule has 10 heteroatoms. The molecular formula is C34H24F2N4O4. The minimum atomic E-state index is -1.02. The van der Waals surface area contributed by atoms with Crippen LogP contribution >= 0.6 is 0 Å². The molecule has 4 aliphatic rings. The first kappa shape index (κ1) is 26.6. The molecule has 4 aliphatic heterocycles. The fourth-order valence-corrected chi connectivity index (χ4v) is 7.49. The van der Waals surface area contributed by atoms with Crippen LogP contribution in [0.15, 0.2) is 109 Å². The summed E-state index contributed by atoms with van der Waals surface area (Å²) in [6, 6.07) is 25.1. The Hall–Kier alpha value is -5.06. The molecule has 4 fully saturated rings. The van der Waals surface area contributed by atoms with Crippen LogP contribution in [-0.4, -0.2) is 45.7 Å². The van der Waals surface area contributed by atoms with Crippen LogP contribution < -0.4 is 9.80 Å². The van der Waals surface area contributed by atoms with Crippen molar-refractivity contribution in [2.24, 2.45) is 11.8 Å². The molecule has 8 nitrogen and oxygen atoms in total. The predicted octanol–water partition coefficient (Wildman–Crippen LogP) is 4.41. The van der Waals surface area contributed by atoms with E-state index in [0.717, 1.165) is 9.80 Å². The van der Waals surface area contributed by atoms with Crippen LogP contribution in [0, 0.1) is 23.5 Å². The highest BCUT2D eigenvalue weighted by atomic mass is 19.1. The van der Waals surface area contributed by atoms with Crippen molar-refractivity contribution in [2.75, 3.05) is 9.80 Å². The van der Waals surface area contributed by atoms with E-state index in [4.69, 9.17) is 0 Å². The summed E-state index contributed by atoms with van der Waals surface area (Å²) in [7, 11) is 0. The van der Waals surface area contributed by atoms with Crippen molar-refractivity contribution in [3.05, 3.63) is 132 Å². The average Bonchev–Trinajstić information content (AvgIpc) is 3.71. The van der Waals surface area contributed by atoms with Gasteiger partial charge in [-0.1, -0.05) is 60.7 Å². The summed E-state index contributed by atoms with van der Waals surface area (Å²) in [6.07, 6.45) is 0. The summed E-state index contributed by atoms with van der Waals surface area (Å²) in [5, 5.41) is 3.54. The minimum Gasteiger partial charge on any atom is -0.274 e. The van der Waals surface area contributed by atoms with E-state index in [1.807, 2.05) is 60.7 Å². The van der Waals surface area contributed by atoms with Crippen molar-refractivity contribution in [3.63, 3.8) is 0 Å². The number of rotatable bonds is 4. The van der Waals surface area contributed by atoms with E-state index in [-0.39, 0.29) is 11.4 Å². The standard InChI is InChI=1S/C34H24F2N4O4/c35-21-11-15-23(16-12-21)37-31(41)25-27(19-7-3-1-4-8-19)39-30-26(32(42)38(34(30)44)24-17-13-22(36)14-18-24)28(20-9-5-2-6-10-20)40(39)29(25)33(37)43/h1-18,25-30H. The second kappa shape index (κ2) is 9.73. The maximum atomic E-state index is 14.3. The van der Waals surface area contributed by atoms with Crippen LogP contribution in [0.1, 0.15) is 23.2 Å². The molecule has 44 heavy (non-hydrogen) atoms. The minimum absolute atomic E-state index is 0.249. The van der Waals surface area contributed by atoms with Crippen molar-refractivity contribution in [2.45, 2.75) is 24.2 Å². The number of fused-ring (bicyclic) bond motifs is 5. The summed E-state index contributed by atoms with van der Waals surface area (Å²) in [5.41, 5.74) is 1.92. The van der Waals surface area contributed by atoms with Gasteiger partial charge in [0.1, 0.15) is 23.7 Å². The SMILES string of the molecule is O=C1C2C(C(=O)N1c1ccc(F)cc1)N1C(c3ccccc3)C3C(=O)N(c4ccc(F)cc4)C(=O)C3N1C2c1ccccc1. The van der Waals surface area contributed by atoms with Gasteiger partial charge < -0.3 is 0 Å². The summed E-state index contributed by atoms with van der Waals surface area (Å²) in [6.45, 7) is 0. The highest BCUT2D eigenvalue weighted by Crippen LogP contribution is 2.59. The van der Waals surface area contributed by atoms with Gasteiger partial charge in [0.2, 0.25) is 11.8 Å². The van der Waals surface area contributed by atoms with E-state index >= 15 is 0 Å². The zero-order valence-electron chi connectivity index (χ0n) is 23.0. The summed E-state index contributed by atoms with van der Waals surface area (Å²) in [5.74, 6) is -4.77. The van der Waals surface area contributed by atoms with Gasteiger partial charge in [-0.2, -0.15) is 0 Å². The Morgan fingerprint density at radius 3 is 1.09 bits per heavy atom. The maximum absolute atomic E-state index is 14.3. The van der Waals surface area contributed by atoms with Gasteiger partial charge in [-0.3, -0.25) is 19.2 Å². The van der Waals surface area contributed by atoms with E-state index in [1.165, 1.54) is 48.5 Å². The molecule has 4 aromatic rings. The molecule has 0 saturated carbocycles. The lowest BCUT2D eigenvalue weighted by molar-refractivity contribution is -0.136. The van der Waals surface area contributed by atoms with E-state index in [0.29, 0.717) is 11.1 Å². The van der Waals surface area contributed by atoms with Crippen molar-refractivity contribution in [1.82, 2.24) is 10.0 Å². The highest BCUT2D eigenvalue weighted by Gasteiger charge is 2.73. The number of nitrogens with zero attached hydrogens (tertiary/aromatic N) is 4. The number of hydrogen-bond donors (Lipinski definition) is 0. The van der Waals surface area contributed by atoms with E-state index in [9.17, 15) is 28.0 Å². The molecule has 4 heterocycles. The smallest absolute Gasteiger partial charge is 0.253 e. The van der Waals surface area contributed by atoms with Gasteiger partial charge in [0.25, 0.3) is 11.8 Å². The molecular weight excluding hydrogens is 566 g/mol. The Morgan fingerprint density at radius 1 is 0.409 bits per heavy atom. The number of carbonyl (C=O) groups excluding carboxylic acids is 4. The third-order valence-corrected chi connectivity index (χ3v) is 9.18. The van der Waals surface area contributed by atoms with Crippen LogP contribution in [0.2, 0.25) is 0 Å². The Bertz CT molecular complexity index is 1690. The third-order valence-electron chi connectivity index (χ3n) is 9.18. The van der Waals surface area contributed by atoms with Crippen molar-refractivity contribution in [3.8, 4) is 0 Å². The molecule has 0 bridgehead atoms. The van der Waals surface area contributed by atoms with E-state index in [2.05, 4.69) is 0 Å². The number of hydrogen-bond acceptors (Lipinski definition) is 6. The topological polar surface area (TPSA) is 81.2 Å². The summed E-state index contributed by atoms with van der Waals surface area (Å²) < 4.78 is 27.6. The second-order valence-corrected chi connectivity index (χ2v) is 11.4. The number of imide groups is 2. The lowest BCUT2D eigenvalue weighted by atomic mass is 9.84. The van der Waals surface area contributed by atoms with Gasteiger partial charge >= 0.3 is 0 Å². The molecule has 4 saturated heterocycles. The molecule has 8 rings (SSSR count). The molecule has 0 radical (unpaired) electrons. The van der Waals surface area contributed by atoms with Gasteiger partial charge in [-0.15, -0.1) is 0 Å². The monoisotopic (exact) mass is 590 g/mol. The predicted molar refractivity (Wildman–Crippen MR) is 154 cm³/mol. The zero-order valence-corrected chi connectivity index (χ0v) is 23.0. The Morgan fingerprint density at radius 2 is 0.750 bits per heavy atom. The van der Waals surface area contributed by atoms with Crippen molar-refractivity contribution < 1.29 is 28.0 Å². The molecule has 0 spiro atoms. The second-order valence-electron chi connectivity index (χ2n) is 11.4. The Labute approximate surface area is 250 Å². The Balaban J connectivity index is 1.32. The molecule has 0 aliphatic carbocycles. The van der Waals surface area contributed by atoms with Gasteiger partial charge in [0.15, 0.2) is 0 Å². The molecule has 6 atom stereocenters. The zero-order chi connectivity index (χ0) is 30.3. The quantitative estimate of drug-likeness (QED) is 0.328. The fraction of sp³-hybridized carbons (Fsp3) is 0.176. The average molecular weight is 591 g/mol. The van der Waals surface area contributed by atoms with Crippen LogP contribution in [-0.2, 0) is 19.2 Å². The molecule has 0 N–H and O–H groups in total. The first-order valence-electron chi connectivity index (χ1n) is 14.3.